The van der Waals surface area contributed by atoms with Crippen molar-refractivity contribution in [3.05, 3.63) is 29.6 Å². The highest BCUT2D eigenvalue weighted by Gasteiger charge is 2.42. The normalized spacial score (nSPS) is 21.6. The summed E-state index contributed by atoms with van der Waals surface area (Å²) in [6.07, 6.45) is 2.75. The van der Waals surface area contributed by atoms with Gasteiger partial charge in [-0.25, -0.2) is 4.98 Å². The minimum atomic E-state index is 0.158. The van der Waals surface area contributed by atoms with Crippen molar-refractivity contribution >= 4 is 16.9 Å². The molecule has 6 heteroatoms. The van der Waals surface area contributed by atoms with Crippen molar-refractivity contribution in [2.45, 2.75) is 31.7 Å². The Balaban J connectivity index is 1.46. The smallest absolute Gasteiger partial charge is 0.227 e. The summed E-state index contributed by atoms with van der Waals surface area (Å²) in [6, 6.07) is 6.10. The highest BCUT2D eigenvalue weighted by atomic mass is 16.2. The monoisotopic (exact) mass is 355 g/mol. The van der Waals surface area contributed by atoms with E-state index in [1.54, 1.807) is 0 Å². The van der Waals surface area contributed by atoms with Crippen molar-refractivity contribution in [1.29, 1.82) is 0 Å². The van der Waals surface area contributed by atoms with E-state index in [2.05, 4.69) is 44.8 Å². The van der Waals surface area contributed by atoms with Gasteiger partial charge in [0.25, 0.3) is 0 Å². The highest BCUT2D eigenvalue weighted by molar-refractivity contribution is 5.82. The Morgan fingerprint density at radius 3 is 2.73 bits per heavy atom. The molecule has 2 aromatic rings. The summed E-state index contributed by atoms with van der Waals surface area (Å²) in [5.41, 5.74) is 3.19. The molecular weight excluding hydrogens is 326 g/mol. The van der Waals surface area contributed by atoms with E-state index >= 15 is 0 Å². The zero-order chi connectivity index (χ0) is 18.3. The summed E-state index contributed by atoms with van der Waals surface area (Å²) < 4.78 is 0. The van der Waals surface area contributed by atoms with Crippen molar-refractivity contribution in [1.82, 2.24) is 24.7 Å². The number of carbonyl (C=O) groups excluding carboxylic acids is 1. The molecule has 4 rings (SSSR count). The fraction of sp³-hybridized carbons (Fsp3) is 0.600. The maximum absolute atomic E-state index is 13.0. The Kier molecular flexibility index (Phi) is 4.49. The van der Waals surface area contributed by atoms with Crippen LogP contribution in [0.1, 0.15) is 24.2 Å². The number of H-pyrrole nitrogens is 1. The van der Waals surface area contributed by atoms with E-state index in [1.807, 2.05) is 19.1 Å². The van der Waals surface area contributed by atoms with E-state index in [4.69, 9.17) is 0 Å². The number of likely N-dealkylation sites (tertiary alicyclic amines) is 1. The molecule has 0 saturated carbocycles. The summed E-state index contributed by atoms with van der Waals surface area (Å²) in [5.74, 6) is 1.15. The number of benzene rings is 1. The number of imidazole rings is 1. The van der Waals surface area contributed by atoms with Gasteiger partial charge in [0.1, 0.15) is 5.82 Å². The van der Waals surface area contributed by atoms with Gasteiger partial charge in [0.05, 0.1) is 17.5 Å². The Hall–Kier alpha value is -1.92. The van der Waals surface area contributed by atoms with Gasteiger partial charge in [-0.15, -0.1) is 0 Å². The number of piperidine rings is 1. The number of piperazine rings is 1. The Morgan fingerprint density at radius 2 is 1.96 bits per heavy atom. The molecule has 26 heavy (non-hydrogen) atoms. The van der Waals surface area contributed by atoms with E-state index < -0.39 is 0 Å². The summed E-state index contributed by atoms with van der Waals surface area (Å²) in [5, 5.41) is 0. The summed E-state index contributed by atoms with van der Waals surface area (Å²) in [6.45, 7) is 6.84. The average molecular weight is 355 g/mol. The molecule has 0 radical (unpaired) electrons. The number of aromatic amines is 1. The van der Waals surface area contributed by atoms with Crippen molar-refractivity contribution < 1.29 is 4.79 Å². The first-order valence-corrected chi connectivity index (χ1v) is 9.58. The minimum absolute atomic E-state index is 0.158. The number of likely N-dealkylation sites (N-methyl/N-ethyl adjacent to an activating group) is 1. The highest BCUT2D eigenvalue weighted by Crippen LogP contribution is 2.31. The molecular formula is C20H29N5O. The lowest BCUT2D eigenvalue weighted by Gasteiger charge is -2.52. The van der Waals surface area contributed by atoms with Gasteiger partial charge in [-0.2, -0.15) is 0 Å². The van der Waals surface area contributed by atoms with Gasteiger partial charge < -0.3 is 14.8 Å². The number of rotatable bonds is 2. The number of amides is 1. The number of hydrogen-bond donors (Lipinski definition) is 1. The quantitative estimate of drug-likeness (QED) is 0.890. The van der Waals surface area contributed by atoms with Gasteiger partial charge in [-0.3, -0.25) is 9.69 Å². The van der Waals surface area contributed by atoms with Crippen LogP contribution >= 0.6 is 0 Å². The lowest BCUT2D eigenvalue weighted by atomic mass is 9.83. The predicted molar refractivity (Wildman–Crippen MR) is 103 cm³/mol. The zero-order valence-corrected chi connectivity index (χ0v) is 16.1. The fourth-order valence-electron chi connectivity index (χ4n) is 4.43. The van der Waals surface area contributed by atoms with Crippen LogP contribution in [0.2, 0.25) is 0 Å². The van der Waals surface area contributed by atoms with Crippen LogP contribution in [0.15, 0.2) is 18.2 Å². The van der Waals surface area contributed by atoms with Gasteiger partial charge in [0, 0.05) is 25.2 Å². The first-order valence-electron chi connectivity index (χ1n) is 9.58. The average Bonchev–Trinajstić information content (AvgIpc) is 2.99. The van der Waals surface area contributed by atoms with Crippen molar-refractivity contribution in [2.24, 2.45) is 0 Å². The minimum Gasteiger partial charge on any atom is -0.342 e. The van der Waals surface area contributed by atoms with Crippen LogP contribution in [-0.2, 0) is 11.2 Å². The lowest BCUT2D eigenvalue weighted by Crippen LogP contribution is -2.65. The second kappa shape index (κ2) is 6.67. The van der Waals surface area contributed by atoms with Crippen LogP contribution < -0.4 is 0 Å². The van der Waals surface area contributed by atoms with Crippen LogP contribution in [-0.4, -0.2) is 82.9 Å². The molecule has 2 aliphatic rings. The van der Waals surface area contributed by atoms with Crippen LogP contribution in [0.4, 0.5) is 0 Å². The summed E-state index contributed by atoms with van der Waals surface area (Å²) >= 11 is 0. The van der Waals surface area contributed by atoms with Crippen molar-refractivity contribution in [3.8, 4) is 0 Å². The van der Waals surface area contributed by atoms with Crippen LogP contribution in [0.25, 0.3) is 11.0 Å². The SMILES string of the molecule is Cc1nc2ccc(CC(=O)N3CCN(C)C4(CCN(C)CC4)C3)cc2[nH]1. The van der Waals surface area contributed by atoms with E-state index in [1.165, 1.54) is 0 Å². The molecule has 1 aromatic heterocycles. The summed E-state index contributed by atoms with van der Waals surface area (Å²) in [7, 11) is 4.41. The van der Waals surface area contributed by atoms with E-state index in [0.29, 0.717) is 6.42 Å². The molecule has 2 aliphatic heterocycles. The molecule has 0 aliphatic carbocycles. The Morgan fingerprint density at radius 1 is 1.19 bits per heavy atom. The maximum atomic E-state index is 13.0. The fourth-order valence-corrected chi connectivity index (χ4v) is 4.43. The number of nitrogens with one attached hydrogen (secondary N) is 1. The van der Waals surface area contributed by atoms with Crippen LogP contribution in [0.5, 0.6) is 0 Å². The van der Waals surface area contributed by atoms with Gasteiger partial charge in [-0.1, -0.05) is 6.07 Å². The van der Waals surface area contributed by atoms with Gasteiger partial charge in [-0.05, 0) is 64.6 Å². The molecule has 0 atom stereocenters. The van der Waals surface area contributed by atoms with Crippen molar-refractivity contribution in [3.63, 3.8) is 0 Å². The molecule has 3 heterocycles. The second-order valence-electron chi connectivity index (χ2n) is 8.11. The first-order chi connectivity index (χ1) is 12.4. The number of nitrogens with zero attached hydrogens (tertiary/aromatic N) is 4. The third kappa shape index (κ3) is 3.23. The van der Waals surface area contributed by atoms with Crippen molar-refractivity contribution in [2.75, 3.05) is 46.8 Å². The molecule has 0 unspecified atom stereocenters. The molecule has 1 N–H and O–H groups in total. The Labute approximate surface area is 155 Å². The summed E-state index contributed by atoms with van der Waals surface area (Å²) in [4.78, 5) is 27.6. The number of aryl methyl sites for hydroxylation is 1. The number of carbonyl (C=O) groups is 1. The molecule has 2 saturated heterocycles. The van der Waals surface area contributed by atoms with Gasteiger partial charge in [0.15, 0.2) is 0 Å². The lowest BCUT2D eigenvalue weighted by molar-refractivity contribution is -0.137. The molecule has 1 aromatic carbocycles. The standard InChI is InChI=1S/C20H29N5O/c1-15-21-17-5-4-16(12-18(17)22-15)13-19(26)25-11-10-24(3)20(14-25)6-8-23(2)9-7-20/h4-5,12H,6-11,13-14H2,1-3H3,(H,21,22). The van der Waals surface area contributed by atoms with Gasteiger partial charge >= 0.3 is 0 Å². The van der Waals surface area contributed by atoms with Crippen LogP contribution in [0.3, 0.4) is 0 Å². The zero-order valence-electron chi connectivity index (χ0n) is 16.1. The first kappa shape index (κ1) is 17.5. The molecule has 0 bridgehead atoms. The maximum Gasteiger partial charge on any atom is 0.227 e. The topological polar surface area (TPSA) is 55.5 Å². The Bertz CT molecular complexity index is 806. The number of aromatic nitrogens is 2. The third-order valence-electron chi connectivity index (χ3n) is 6.29. The molecule has 1 spiro atoms. The molecule has 1 amide bonds. The number of fused-ring (bicyclic) bond motifs is 1. The van der Waals surface area contributed by atoms with Crippen LogP contribution in [0, 0.1) is 6.92 Å². The molecule has 6 nitrogen and oxygen atoms in total. The molecule has 140 valence electrons. The third-order valence-corrected chi connectivity index (χ3v) is 6.29. The van der Waals surface area contributed by atoms with E-state index in [-0.39, 0.29) is 11.4 Å². The second-order valence-corrected chi connectivity index (χ2v) is 8.11. The predicted octanol–water partition coefficient (Wildman–Crippen LogP) is 1.65. The molecule has 2 fully saturated rings. The number of hydrogen-bond acceptors (Lipinski definition) is 4. The largest absolute Gasteiger partial charge is 0.342 e. The van der Waals surface area contributed by atoms with Gasteiger partial charge in [0.2, 0.25) is 5.91 Å². The van der Waals surface area contributed by atoms with E-state index in [9.17, 15) is 4.79 Å². The van der Waals surface area contributed by atoms with E-state index in [0.717, 1.165) is 68.0 Å².